The number of epoxide rings is 1. The zero-order chi connectivity index (χ0) is 25.6. The summed E-state index contributed by atoms with van der Waals surface area (Å²) in [4.78, 5) is 25.5. The van der Waals surface area contributed by atoms with Crippen molar-refractivity contribution < 1.29 is 43.1 Å². The minimum absolute atomic E-state index is 0.0171. The van der Waals surface area contributed by atoms with Gasteiger partial charge >= 0.3 is 11.9 Å². The van der Waals surface area contributed by atoms with Crippen LogP contribution >= 0.6 is 0 Å². The molecule has 1 N–H and O–H groups in total. The van der Waals surface area contributed by atoms with Crippen LogP contribution in [0.4, 0.5) is 0 Å². The van der Waals surface area contributed by atoms with Gasteiger partial charge in [0.25, 0.3) is 0 Å². The molecule has 5 heterocycles. The van der Waals surface area contributed by atoms with Crippen LogP contribution in [0.15, 0.2) is 0 Å². The van der Waals surface area contributed by atoms with Gasteiger partial charge in [-0.1, -0.05) is 27.7 Å². The van der Waals surface area contributed by atoms with Crippen LogP contribution < -0.4 is 0 Å². The average Bonchev–Trinajstić information content (AvgIpc) is 3.31. The van der Waals surface area contributed by atoms with Crippen LogP contribution in [0.25, 0.3) is 0 Å². The predicted octanol–water partition coefficient (Wildman–Crippen LogP) is 2.91. The van der Waals surface area contributed by atoms with E-state index in [0.29, 0.717) is 32.3 Å². The molecule has 5 saturated heterocycles. The van der Waals surface area contributed by atoms with Gasteiger partial charge in [-0.2, -0.15) is 0 Å². The SMILES string of the molecule is CC[C@H](C)C(=O)OC1O[C@@H]2C[C@@H]3[C@@](C)(C4C[C@H]5CC(O)O[C@H]5O4)[C@H](C)C[C@H](OC(C)=O)[C@]13[C@@]1(CO1)C2. The van der Waals surface area contributed by atoms with E-state index >= 15 is 0 Å². The molecule has 7 rings (SSSR count). The molecule has 2 saturated carbocycles. The first kappa shape index (κ1) is 25.0. The highest BCUT2D eigenvalue weighted by Crippen LogP contribution is 2.74. The van der Waals surface area contributed by atoms with Crippen molar-refractivity contribution in [3.8, 4) is 0 Å². The second-order valence-electron chi connectivity index (χ2n) is 12.5. The van der Waals surface area contributed by atoms with Gasteiger partial charge in [-0.15, -0.1) is 0 Å². The molecular formula is C27H40O9. The van der Waals surface area contributed by atoms with Gasteiger partial charge in [0.05, 0.1) is 24.7 Å². The summed E-state index contributed by atoms with van der Waals surface area (Å²) in [5, 5.41) is 9.97. The number of rotatable bonds is 5. The van der Waals surface area contributed by atoms with Gasteiger partial charge in [0, 0.05) is 31.1 Å². The average molecular weight is 509 g/mol. The molecule has 0 aromatic carbocycles. The van der Waals surface area contributed by atoms with E-state index < -0.39 is 36.0 Å². The molecular weight excluding hydrogens is 468 g/mol. The number of fused-ring (bicyclic) bond motifs is 2. The molecule has 36 heavy (non-hydrogen) atoms. The van der Waals surface area contributed by atoms with Gasteiger partial charge in [0.15, 0.2) is 12.6 Å². The van der Waals surface area contributed by atoms with E-state index in [2.05, 4.69) is 13.8 Å². The van der Waals surface area contributed by atoms with Crippen LogP contribution in [-0.4, -0.2) is 66.4 Å². The van der Waals surface area contributed by atoms with Crippen LogP contribution in [0.2, 0.25) is 0 Å². The van der Waals surface area contributed by atoms with Crippen molar-refractivity contribution in [2.24, 2.45) is 34.5 Å². The minimum Gasteiger partial charge on any atom is -0.462 e. The first-order valence-electron chi connectivity index (χ1n) is 13.7. The standard InChI is InChI=1S/C27H40O9/c1-6-13(2)22(30)36-24-27-18(10-17(33-24)11-26(27)12-31-26)25(5,14(3)7-20(27)32-15(4)28)19-8-16-9-21(29)35-23(16)34-19/h13-14,16-21,23-24,29H,6-12H2,1-5H3/t13-,14+,16-,17+,18+,19?,20-,21?,23+,24?,25-,26-,27-/m0/s1. The number of esters is 2. The molecule has 7 fully saturated rings. The summed E-state index contributed by atoms with van der Waals surface area (Å²) < 4.78 is 37.2. The maximum Gasteiger partial charge on any atom is 0.310 e. The molecule has 2 aliphatic carbocycles. The van der Waals surface area contributed by atoms with E-state index in [1.165, 1.54) is 6.92 Å². The molecule has 5 aliphatic heterocycles. The van der Waals surface area contributed by atoms with Crippen molar-refractivity contribution in [1.29, 1.82) is 0 Å². The lowest BCUT2D eigenvalue weighted by molar-refractivity contribution is -0.377. The monoisotopic (exact) mass is 508 g/mol. The van der Waals surface area contributed by atoms with Gasteiger partial charge in [0.1, 0.15) is 17.1 Å². The molecule has 3 unspecified atom stereocenters. The maximum atomic E-state index is 13.1. The summed E-state index contributed by atoms with van der Waals surface area (Å²) in [6.45, 7) is 10.3. The topological polar surface area (TPSA) is 113 Å². The molecule has 0 aromatic heterocycles. The van der Waals surface area contributed by atoms with Crippen molar-refractivity contribution in [3.05, 3.63) is 0 Å². The Labute approximate surface area is 212 Å². The lowest BCUT2D eigenvalue weighted by Gasteiger charge is -2.69. The van der Waals surface area contributed by atoms with Crippen LogP contribution in [-0.2, 0) is 38.0 Å². The number of ether oxygens (including phenoxy) is 6. The fraction of sp³-hybridized carbons (Fsp3) is 0.926. The van der Waals surface area contributed by atoms with Crippen LogP contribution in [0.1, 0.15) is 73.1 Å². The first-order chi connectivity index (χ1) is 17.0. The highest BCUT2D eigenvalue weighted by atomic mass is 16.7. The summed E-state index contributed by atoms with van der Waals surface area (Å²) in [7, 11) is 0. The third kappa shape index (κ3) is 3.32. The van der Waals surface area contributed by atoms with E-state index in [9.17, 15) is 14.7 Å². The minimum atomic E-state index is -0.853. The Kier molecular flexibility index (Phi) is 5.82. The molecule has 202 valence electrons. The molecule has 0 radical (unpaired) electrons. The summed E-state index contributed by atoms with van der Waals surface area (Å²) >= 11 is 0. The largest absolute Gasteiger partial charge is 0.462 e. The van der Waals surface area contributed by atoms with Gasteiger partial charge in [-0.05, 0) is 37.5 Å². The Bertz CT molecular complexity index is 905. The highest BCUT2D eigenvalue weighted by molar-refractivity contribution is 5.72. The summed E-state index contributed by atoms with van der Waals surface area (Å²) in [6.07, 6.45) is 1.36. The molecule has 9 nitrogen and oxygen atoms in total. The quantitative estimate of drug-likeness (QED) is 0.442. The second-order valence-corrected chi connectivity index (χ2v) is 12.5. The van der Waals surface area contributed by atoms with Gasteiger partial charge < -0.3 is 33.5 Å². The Balaban J connectivity index is 1.43. The Hall–Kier alpha value is -1.26. The Morgan fingerprint density at radius 3 is 2.50 bits per heavy atom. The first-order valence-corrected chi connectivity index (χ1v) is 13.7. The van der Waals surface area contributed by atoms with Crippen molar-refractivity contribution in [2.75, 3.05) is 6.61 Å². The lowest BCUT2D eigenvalue weighted by Crippen LogP contribution is -2.77. The predicted molar refractivity (Wildman–Crippen MR) is 124 cm³/mol. The van der Waals surface area contributed by atoms with E-state index in [-0.39, 0.29) is 53.2 Å². The van der Waals surface area contributed by atoms with E-state index in [0.717, 1.165) is 12.8 Å². The van der Waals surface area contributed by atoms with E-state index in [4.69, 9.17) is 28.4 Å². The van der Waals surface area contributed by atoms with E-state index in [1.54, 1.807) is 0 Å². The summed E-state index contributed by atoms with van der Waals surface area (Å²) in [5.74, 6) is -0.618. The highest BCUT2D eigenvalue weighted by Gasteiger charge is 2.83. The normalized spacial score (nSPS) is 53.6. The molecule has 0 aromatic rings. The summed E-state index contributed by atoms with van der Waals surface area (Å²) in [5.41, 5.74) is -1.70. The maximum absolute atomic E-state index is 13.1. The smallest absolute Gasteiger partial charge is 0.310 e. The van der Waals surface area contributed by atoms with Gasteiger partial charge in [-0.25, -0.2) is 0 Å². The summed E-state index contributed by atoms with van der Waals surface area (Å²) in [6, 6.07) is 0. The zero-order valence-corrected chi connectivity index (χ0v) is 21.9. The fourth-order valence-electron chi connectivity index (χ4n) is 8.52. The molecule has 13 atom stereocenters. The van der Waals surface area contributed by atoms with Crippen molar-refractivity contribution in [2.45, 2.75) is 116 Å². The van der Waals surface area contributed by atoms with Crippen LogP contribution in [0.5, 0.6) is 0 Å². The Morgan fingerprint density at radius 1 is 1.11 bits per heavy atom. The van der Waals surface area contributed by atoms with Crippen molar-refractivity contribution in [3.63, 3.8) is 0 Å². The van der Waals surface area contributed by atoms with Crippen LogP contribution in [0.3, 0.4) is 0 Å². The number of hydrogen-bond acceptors (Lipinski definition) is 9. The number of carbonyl (C=O) groups excluding carboxylic acids is 2. The number of carbonyl (C=O) groups is 2. The lowest BCUT2D eigenvalue weighted by atomic mass is 9.40. The molecule has 2 spiro atoms. The third-order valence-electron chi connectivity index (χ3n) is 10.8. The molecule has 9 heteroatoms. The van der Waals surface area contributed by atoms with Gasteiger partial charge in [-0.3, -0.25) is 9.59 Å². The molecule has 2 bridgehead atoms. The van der Waals surface area contributed by atoms with Gasteiger partial charge in [0.2, 0.25) is 6.29 Å². The van der Waals surface area contributed by atoms with Crippen molar-refractivity contribution in [1.82, 2.24) is 0 Å². The van der Waals surface area contributed by atoms with E-state index in [1.807, 2.05) is 13.8 Å². The third-order valence-corrected chi connectivity index (χ3v) is 10.8. The fourth-order valence-corrected chi connectivity index (χ4v) is 8.52. The number of aliphatic hydroxyl groups excluding tert-OH is 1. The Morgan fingerprint density at radius 2 is 1.86 bits per heavy atom. The second kappa shape index (κ2) is 8.37. The molecule has 0 amide bonds. The molecule has 7 aliphatic rings. The van der Waals surface area contributed by atoms with Crippen LogP contribution in [0, 0.1) is 34.5 Å². The zero-order valence-electron chi connectivity index (χ0n) is 21.9. The van der Waals surface area contributed by atoms with Crippen molar-refractivity contribution >= 4 is 11.9 Å². The number of aliphatic hydroxyl groups is 1. The number of hydrogen-bond donors (Lipinski definition) is 1.